The average Bonchev–Trinajstić information content (AvgIpc) is 2.46. The van der Waals surface area contributed by atoms with E-state index in [0.717, 1.165) is 12.1 Å². The molecule has 22 heavy (non-hydrogen) atoms. The summed E-state index contributed by atoms with van der Waals surface area (Å²) in [5, 5.41) is 10.7. The van der Waals surface area contributed by atoms with Crippen molar-refractivity contribution in [3.8, 4) is 5.88 Å². The Morgan fingerprint density at radius 3 is 2.55 bits per heavy atom. The molecule has 0 radical (unpaired) electrons. The lowest BCUT2D eigenvalue weighted by Gasteiger charge is -2.09. The second kappa shape index (κ2) is 6.29. The van der Waals surface area contributed by atoms with Crippen molar-refractivity contribution in [3.63, 3.8) is 0 Å². The van der Waals surface area contributed by atoms with Crippen molar-refractivity contribution >= 4 is 22.7 Å². The SMILES string of the molecule is CCOC(=O)c1nc2cc(F)c([N+](=O)[O-])cc2nc1OCC. The third kappa shape index (κ3) is 2.92. The standard InChI is InChI=1S/C13H12FN3O5/c1-3-21-12-11(13(18)22-4-2)15-8-5-7(14)10(17(19)20)6-9(8)16-12/h5-6H,3-4H2,1-2H3. The molecular weight excluding hydrogens is 297 g/mol. The summed E-state index contributed by atoms with van der Waals surface area (Å²) in [7, 11) is 0. The molecule has 9 heteroatoms. The molecule has 0 aliphatic carbocycles. The van der Waals surface area contributed by atoms with Gasteiger partial charge in [-0.25, -0.2) is 14.8 Å². The van der Waals surface area contributed by atoms with Crippen LogP contribution in [-0.4, -0.2) is 34.1 Å². The zero-order valence-corrected chi connectivity index (χ0v) is 11.8. The van der Waals surface area contributed by atoms with Gasteiger partial charge in [0.2, 0.25) is 17.4 Å². The molecule has 0 N–H and O–H groups in total. The molecule has 0 saturated heterocycles. The smallest absolute Gasteiger partial charge is 0.362 e. The molecule has 8 nitrogen and oxygen atoms in total. The second-order valence-electron chi connectivity index (χ2n) is 4.08. The number of hydrogen-bond donors (Lipinski definition) is 0. The molecule has 0 aliphatic rings. The van der Waals surface area contributed by atoms with Crippen LogP contribution in [0.3, 0.4) is 0 Å². The van der Waals surface area contributed by atoms with Crippen LogP contribution in [0.15, 0.2) is 12.1 Å². The van der Waals surface area contributed by atoms with Gasteiger partial charge in [-0.15, -0.1) is 0 Å². The van der Waals surface area contributed by atoms with Gasteiger partial charge < -0.3 is 9.47 Å². The maximum absolute atomic E-state index is 13.6. The Morgan fingerprint density at radius 1 is 1.27 bits per heavy atom. The fraction of sp³-hybridized carbons (Fsp3) is 0.308. The van der Waals surface area contributed by atoms with Gasteiger partial charge in [0, 0.05) is 12.1 Å². The van der Waals surface area contributed by atoms with E-state index >= 15 is 0 Å². The Kier molecular flexibility index (Phi) is 4.44. The molecular formula is C13H12FN3O5. The first-order valence-electron chi connectivity index (χ1n) is 6.43. The second-order valence-corrected chi connectivity index (χ2v) is 4.08. The third-order valence-corrected chi connectivity index (χ3v) is 2.65. The van der Waals surface area contributed by atoms with Crippen molar-refractivity contribution in [1.82, 2.24) is 9.97 Å². The maximum atomic E-state index is 13.6. The fourth-order valence-electron chi connectivity index (χ4n) is 1.76. The number of hydrogen-bond acceptors (Lipinski definition) is 7. The minimum atomic E-state index is -1.06. The summed E-state index contributed by atoms with van der Waals surface area (Å²) < 4.78 is 23.7. The van der Waals surface area contributed by atoms with Gasteiger partial charge in [-0.05, 0) is 13.8 Å². The van der Waals surface area contributed by atoms with Crippen LogP contribution in [0.5, 0.6) is 5.88 Å². The van der Waals surface area contributed by atoms with Crippen LogP contribution < -0.4 is 4.74 Å². The predicted molar refractivity (Wildman–Crippen MR) is 73.3 cm³/mol. The van der Waals surface area contributed by atoms with Crippen molar-refractivity contribution < 1.29 is 23.6 Å². The number of ether oxygens (including phenoxy) is 2. The van der Waals surface area contributed by atoms with Crippen molar-refractivity contribution in [2.45, 2.75) is 13.8 Å². The van der Waals surface area contributed by atoms with E-state index < -0.39 is 22.4 Å². The number of aromatic nitrogens is 2. The van der Waals surface area contributed by atoms with E-state index in [2.05, 4.69) is 9.97 Å². The minimum Gasteiger partial charge on any atom is -0.476 e. The van der Waals surface area contributed by atoms with E-state index in [0.29, 0.717) is 0 Å². The highest BCUT2D eigenvalue weighted by Gasteiger charge is 2.22. The summed E-state index contributed by atoms with van der Waals surface area (Å²) in [6.45, 7) is 3.62. The Bertz CT molecular complexity index is 750. The molecule has 1 aromatic carbocycles. The topological polar surface area (TPSA) is 104 Å². The van der Waals surface area contributed by atoms with Crippen molar-refractivity contribution in [2.24, 2.45) is 0 Å². The normalized spacial score (nSPS) is 10.5. The number of benzene rings is 1. The van der Waals surface area contributed by atoms with E-state index in [9.17, 15) is 19.3 Å². The molecule has 1 aromatic heterocycles. The first-order valence-corrected chi connectivity index (χ1v) is 6.43. The number of fused-ring (bicyclic) bond motifs is 1. The lowest BCUT2D eigenvalue weighted by Crippen LogP contribution is -2.12. The highest BCUT2D eigenvalue weighted by atomic mass is 19.1. The molecule has 0 bridgehead atoms. The largest absolute Gasteiger partial charge is 0.476 e. The highest BCUT2D eigenvalue weighted by Crippen LogP contribution is 2.26. The molecule has 2 rings (SSSR count). The minimum absolute atomic E-state index is 0.00499. The summed E-state index contributed by atoms with van der Waals surface area (Å²) >= 11 is 0. The number of halogens is 1. The third-order valence-electron chi connectivity index (χ3n) is 2.65. The molecule has 0 fully saturated rings. The number of carbonyl (C=O) groups excluding carboxylic acids is 1. The highest BCUT2D eigenvalue weighted by molar-refractivity contribution is 5.92. The van der Waals surface area contributed by atoms with Gasteiger partial charge >= 0.3 is 11.7 Å². The van der Waals surface area contributed by atoms with Crippen LogP contribution in [-0.2, 0) is 4.74 Å². The number of esters is 1. The van der Waals surface area contributed by atoms with Crippen LogP contribution in [0.4, 0.5) is 10.1 Å². The lowest BCUT2D eigenvalue weighted by molar-refractivity contribution is -0.387. The van der Waals surface area contributed by atoms with E-state index in [4.69, 9.17) is 9.47 Å². The van der Waals surface area contributed by atoms with Crippen LogP contribution in [0.1, 0.15) is 24.3 Å². The number of rotatable bonds is 5. The van der Waals surface area contributed by atoms with Gasteiger partial charge in [0.25, 0.3) is 0 Å². The number of nitrogens with zero attached hydrogens (tertiary/aromatic N) is 3. The zero-order chi connectivity index (χ0) is 16.3. The van der Waals surface area contributed by atoms with Gasteiger partial charge in [-0.3, -0.25) is 10.1 Å². The summed E-state index contributed by atoms with van der Waals surface area (Å²) in [6.07, 6.45) is 0. The molecule has 0 aliphatic heterocycles. The van der Waals surface area contributed by atoms with Gasteiger partial charge in [-0.1, -0.05) is 0 Å². The Hall–Kier alpha value is -2.84. The fourth-order valence-corrected chi connectivity index (χ4v) is 1.76. The first kappa shape index (κ1) is 15.5. The summed E-state index contributed by atoms with van der Waals surface area (Å²) in [4.78, 5) is 29.7. The molecule has 0 spiro atoms. The van der Waals surface area contributed by atoms with Crippen LogP contribution >= 0.6 is 0 Å². The Balaban J connectivity index is 2.66. The van der Waals surface area contributed by atoms with Crippen molar-refractivity contribution in [2.75, 3.05) is 13.2 Å². The van der Waals surface area contributed by atoms with Gasteiger partial charge in [0.1, 0.15) is 0 Å². The van der Waals surface area contributed by atoms with Gasteiger partial charge in [0.15, 0.2) is 0 Å². The summed E-state index contributed by atoms with van der Waals surface area (Å²) in [5.41, 5.74) is -0.892. The predicted octanol–water partition coefficient (Wildman–Crippen LogP) is 2.25. The molecule has 0 saturated carbocycles. The zero-order valence-electron chi connectivity index (χ0n) is 11.8. The van der Waals surface area contributed by atoms with E-state index in [1.807, 2.05) is 0 Å². The quantitative estimate of drug-likeness (QED) is 0.474. The molecule has 0 unspecified atom stereocenters. The van der Waals surface area contributed by atoms with Gasteiger partial charge in [-0.2, -0.15) is 4.39 Å². The molecule has 2 aromatic rings. The van der Waals surface area contributed by atoms with E-state index in [1.165, 1.54) is 0 Å². The monoisotopic (exact) mass is 309 g/mol. The van der Waals surface area contributed by atoms with Crippen LogP contribution in [0.2, 0.25) is 0 Å². The van der Waals surface area contributed by atoms with Crippen molar-refractivity contribution in [3.05, 3.63) is 33.8 Å². The summed E-state index contributed by atoms with van der Waals surface area (Å²) in [6, 6.07) is 1.79. The van der Waals surface area contributed by atoms with Crippen molar-refractivity contribution in [1.29, 1.82) is 0 Å². The Labute approximate surface area is 124 Å². The average molecular weight is 309 g/mol. The molecule has 116 valence electrons. The molecule has 0 amide bonds. The van der Waals surface area contributed by atoms with Crippen LogP contribution in [0, 0.1) is 15.9 Å². The van der Waals surface area contributed by atoms with E-state index in [1.54, 1.807) is 13.8 Å². The lowest BCUT2D eigenvalue weighted by atomic mass is 10.2. The van der Waals surface area contributed by atoms with E-state index in [-0.39, 0.29) is 35.8 Å². The maximum Gasteiger partial charge on any atom is 0.362 e. The molecule has 1 heterocycles. The number of nitro groups is 1. The summed E-state index contributed by atoms with van der Waals surface area (Å²) in [5.74, 6) is -1.95. The van der Waals surface area contributed by atoms with Gasteiger partial charge in [0.05, 0.1) is 29.2 Å². The number of nitro benzene ring substituents is 1. The van der Waals surface area contributed by atoms with Crippen LogP contribution in [0.25, 0.3) is 11.0 Å². The molecule has 0 atom stereocenters. The first-order chi connectivity index (χ1) is 10.5. The number of carbonyl (C=O) groups is 1. The Morgan fingerprint density at radius 2 is 1.95 bits per heavy atom.